The summed E-state index contributed by atoms with van der Waals surface area (Å²) in [5, 5.41) is 1.05. The number of benzene rings is 1. The van der Waals surface area contributed by atoms with E-state index in [1.54, 1.807) is 6.07 Å². The first kappa shape index (κ1) is 4.50. The molecule has 0 radical (unpaired) electrons. The number of aromatic nitrogens is 1. The Morgan fingerprint density at radius 3 is 3.00 bits per heavy atom. The summed E-state index contributed by atoms with van der Waals surface area (Å²) in [5.74, 6) is 0. The molecule has 2 aromatic rings. The first-order chi connectivity index (χ1) is 6.27. The van der Waals surface area contributed by atoms with Crippen LogP contribution in [0.5, 0.6) is 0 Å². The van der Waals surface area contributed by atoms with E-state index in [0.717, 1.165) is 10.9 Å². The molecule has 0 N–H and O–H groups in total. The number of para-hydroxylation sites is 1. The van der Waals surface area contributed by atoms with Crippen molar-refractivity contribution in [1.29, 1.82) is 0 Å². The molecule has 0 aliphatic rings. The molecule has 0 amide bonds. The van der Waals surface area contributed by atoms with Crippen LogP contribution in [0.25, 0.3) is 10.9 Å². The molecule has 2 rings (SSSR count). The molecule has 0 unspecified atom stereocenters. The molecule has 0 aliphatic carbocycles. The van der Waals surface area contributed by atoms with Gasteiger partial charge in [0.05, 0.1) is 5.52 Å². The lowest BCUT2D eigenvalue weighted by Crippen LogP contribution is -1.80. The minimum Gasteiger partial charge on any atom is -0.253 e. The Kier molecular flexibility index (Phi) is 0.959. The Labute approximate surface area is 68.5 Å². The number of pyridine rings is 1. The molecule has 1 heterocycles. The molecule has 1 nitrogen and oxygen atoms in total. The standard InChI is InChI=1S/C10H9N/c1-8-6-7-9-4-2-3-5-10(9)11-8/h2-7H,1H3/i1D2. The summed E-state index contributed by atoms with van der Waals surface area (Å²) in [4.78, 5) is 4.20. The maximum Gasteiger partial charge on any atom is 0.0705 e. The molecule has 0 saturated carbocycles. The van der Waals surface area contributed by atoms with Gasteiger partial charge in [0.2, 0.25) is 0 Å². The lowest BCUT2D eigenvalue weighted by atomic mass is 10.2. The van der Waals surface area contributed by atoms with Crippen LogP contribution in [-0.4, -0.2) is 4.98 Å². The largest absolute Gasteiger partial charge is 0.253 e. The summed E-state index contributed by atoms with van der Waals surface area (Å²) < 4.78 is 14.4. The lowest BCUT2D eigenvalue weighted by Gasteiger charge is -1.95. The summed E-state index contributed by atoms with van der Waals surface area (Å²) in [5.41, 5.74) is 1.35. The fraction of sp³-hybridized carbons (Fsp3) is 0.100. The SMILES string of the molecule is [2H]C([2H])c1ccc2ccccc2n1. The molecule has 0 fully saturated rings. The van der Waals surface area contributed by atoms with E-state index < -0.39 is 6.88 Å². The molecule has 0 atom stereocenters. The Bertz CT molecular complexity index is 426. The van der Waals surface area contributed by atoms with Crippen molar-refractivity contribution >= 4 is 10.9 Å². The van der Waals surface area contributed by atoms with Crippen molar-refractivity contribution < 1.29 is 2.74 Å². The average Bonchev–Trinajstić information content (AvgIpc) is 2.17. The van der Waals surface area contributed by atoms with Gasteiger partial charge < -0.3 is 0 Å². The van der Waals surface area contributed by atoms with E-state index in [-0.39, 0.29) is 0 Å². The summed E-state index contributed by atoms with van der Waals surface area (Å²) in [7, 11) is 0. The van der Waals surface area contributed by atoms with Crippen LogP contribution in [0.4, 0.5) is 0 Å². The van der Waals surface area contributed by atoms with Gasteiger partial charge in [0.25, 0.3) is 0 Å². The van der Waals surface area contributed by atoms with Gasteiger partial charge in [-0.3, -0.25) is 4.98 Å². The molecule has 11 heavy (non-hydrogen) atoms. The van der Waals surface area contributed by atoms with Crippen LogP contribution in [0.1, 0.15) is 8.44 Å². The first-order valence-corrected chi connectivity index (χ1v) is 3.47. The van der Waals surface area contributed by atoms with Crippen molar-refractivity contribution in [3.8, 4) is 0 Å². The number of rotatable bonds is 0. The van der Waals surface area contributed by atoms with Crippen molar-refractivity contribution in [2.24, 2.45) is 0 Å². The van der Waals surface area contributed by atoms with Crippen LogP contribution in [0, 0.1) is 6.88 Å². The average molecular weight is 145 g/mol. The fourth-order valence-corrected chi connectivity index (χ4v) is 1.08. The predicted molar refractivity (Wildman–Crippen MR) is 46.5 cm³/mol. The second-order valence-electron chi connectivity index (χ2n) is 2.43. The van der Waals surface area contributed by atoms with E-state index in [2.05, 4.69) is 4.98 Å². The maximum absolute atomic E-state index is 7.20. The lowest BCUT2D eigenvalue weighted by molar-refractivity contribution is 1.26. The van der Waals surface area contributed by atoms with Gasteiger partial charge in [-0.2, -0.15) is 0 Å². The number of fused-ring (bicyclic) bond motifs is 1. The highest BCUT2D eigenvalue weighted by molar-refractivity contribution is 5.78. The molecule has 1 heteroatoms. The Balaban J connectivity index is 2.62. The smallest absolute Gasteiger partial charge is 0.0705 e. The monoisotopic (exact) mass is 145 g/mol. The van der Waals surface area contributed by atoms with E-state index >= 15 is 0 Å². The summed E-state index contributed by atoms with van der Waals surface area (Å²) in [6.45, 7) is -0.996. The van der Waals surface area contributed by atoms with Crippen molar-refractivity contribution in [3.63, 3.8) is 0 Å². The van der Waals surface area contributed by atoms with E-state index in [0.29, 0.717) is 5.69 Å². The maximum atomic E-state index is 7.20. The van der Waals surface area contributed by atoms with Gasteiger partial charge in [0, 0.05) is 13.8 Å². The summed E-state index contributed by atoms with van der Waals surface area (Å²) in [6.07, 6.45) is 0. The highest BCUT2D eigenvalue weighted by Gasteiger charge is 1.90. The Morgan fingerprint density at radius 1 is 1.18 bits per heavy atom. The van der Waals surface area contributed by atoms with E-state index in [1.807, 2.05) is 30.3 Å². The normalized spacial score (nSPS) is 13.2. The summed E-state index contributed by atoms with van der Waals surface area (Å²) in [6, 6.07) is 11.3. The van der Waals surface area contributed by atoms with Crippen LogP contribution in [0.2, 0.25) is 0 Å². The van der Waals surface area contributed by atoms with Gasteiger partial charge in [-0.1, -0.05) is 24.3 Å². The van der Waals surface area contributed by atoms with E-state index in [4.69, 9.17) is 2.74 Å². The zero-order chi connectivity index (χ0) is 9.26. The van der Waals surface area contributed by atoms with Gasteiger partial charge in [-0.25, -0.2) is 0 Å². The number of nitrogens with zero attached hydrogens (tertiary/aromatic N) is 1. The van der Waals surface area contributed by atoms with E-state index in [1.165, 1.54) is 0 Å². The van der Waals surface area contributed by atoms with Gasteiger partial charge in [0.1, 0.15) is 0 Å². The van der Waals surface area contributed by atoms with Crippen molar-refractivity contribution in [3.05, 3.63) is 42.1 Å². The van der Waals surface area contributed by atoms with Crippen LogP contribution in [0.3, 0.4) is 0 Å². The second kappa shape index (κ2) is 2.35. The van der Waals surface area contributed by atoms with Crippen molar-refractivity contribution in [1.82, 2.24) is 4.98 Å². The molecule has 0 saturated heterocycles. The minimum atomic E-state index is -0.996. The third-order valence-corrected chi connectivity index (χ3v) is 1.62. The third kappa shape index (κ3) is 1.09. The second-order valence-corrected chi connectivity index (χ2v) is 2.43. The number of aryl methyl sites for hydroxylation is 1. The highest BCUT2D eigenvalue weighted by Crippen LogP contribution is 2.10. The molecular weight excluding hydrogens is 134 g/mol. The molecule has 0 spiro atoms. The number of hydrogen-bond acceptors (Lipinski definition) is 1. The van der Waals surface area contributed by atoms with Gasteiger partial charge >= 0.3 is 0 Å². The van der Waals surface area contributed by atoms with Gasteiger partial charge in [-0.15, -0.1) is 0 Å². The number of hydrogen-bond donors (Lipinski definition) is 0. The Morgan fingerprint density at radius 2 is 2.09 bits per heavy atom. The highest BCUT2D eigenvalue weighted by atomic mass is 14.7. The zero-order valence-electron chi connectivity index (χ0n) is 7.99. The molecule has 1 aromatic heterocycles. The predicted octanol–water partition coefficient (Wildman–Crippen LogP) is 2.54. The van der Waals surface area contributed by atoms with Crippen LogP contribution < -0.4 is 0 Å². The third-order valence-electron chi connectivity index (χ3n) is 1.62. The Hall–Kier alpha value is -1.37. The zero-order valence-corrected chi connectivity index (χ0v) is 5.99. The fourth-order valence-electron chi connectivity index (χ4n) is 1.08. The quantitative estimate of drug-likeness (QED) is 0.555. The molecule has 1 aromatic carbocycles. The topological polar surface area (TPSA) is 12.9 Å². The molecular formula is C10H9N. The van der Waals surface area contributed by atoms with Crippen LogP contribution in [0.15, 0.2) is 36.4 Å². The summed E-state index contributed by atoms with van der Waals surface area (Å²) >= 11 is 0. The van der Waals surface area contributed by atoms with E-state index in [9.17, 15) is 0 Å². The molecule has 0 aliphatic heterocycles. The van der Waals surface area contributed by atoms with Crippen LogP contribution in [-0.2, 0) is 0 Å². The first-order valence-electron chi connectivity index (χ1n) is 4.63. The molecule has 54 valence electrons. The van der Waals surface area contributed by atoms with Crippen molar-refractivity contribution in [2.45, 2.75) is 6.88 Å². The minimum absolute atomic E-state index is 0.499. The molecule has 0 bridgehead atoms. The van der Waals surface area contributed by atoms with Crippen molar-refractivity contribution in [2.75, 3.05) is 0 Å². The van der Waals surface area contributed by atoms with Gasteiger partial charge in [-0.05, 0) is 19.0 Å². The van der Waals surface area contributed by atoms with Crippen LogP contribution >= 0.6 is 0 Å². The van der Waals surface area contributed by atoms with Gasteiger partial charge in [0.15, 0.2) is 0 Å².